The van der Waals surface area contributed by atoms with E-state index < -0.39 is 0 Å². The summed E-state index contributed by atoms with van der Waals surface area (Å²) in [5.74, 6) is 0. The Morgan fingerprint density at radius 3 is 2.48 bits per heavy atom. The number of aromatic nitrogens is 1. The van der Waals surface area contributed by atoms with Crippen molar-refractivity contribution in [3.05, 3.63) is 77.6 Å². The largest absolute Gasteiger partial charge is 0.340 e. The molecular formula is C20H16N2O2S. The summed E-state index contributed by atoms with van der Waals surface area (Å²) in [5, 5.41) is 3.11. The fourth-order valence-electron chi connectivity index (χ4n) is 3.14. The standard InChI is InChI=1S/C20H16N2O2S/c1-13(14-7-3-2-4-8-14)22-12-15(16-9-5-6-10-18(16)22)11-17-19(23)25-20(24)21-17/h2-13H,1H3,(H,21,24). The van der Waals surface area contributed by atoms with Crippen LogP contribution in [0.2, 0.25) is 0 Å². The summed E-state index contributed by atoms with van der Waals surface area (Å²) in [5.41, 5.74) is 3.56. The molecule has 1 fully saturated rings. The van der Waals surface area contributed by atoms with Crippen LogP contribution in [0.3, 0.4) is 0 Å². The monoisotopic (exact) mass is 348 g/mol. The van der Waals surface area contributed by atoms with Crippen LogP contribution in [0.5, 0.6) is 0 Å². The van der Waals surface area contributed by atoms with Crippen molar-refractivity contribution < 1.29 is 9.59 Å². The third kappa shape index (κ3) is 2.87. The predicted molar refractivity (Wildman–Crippen MR) is 101 cm³/mol. The minimum Gasteiger partial charge on any atom is -0.340 e. The minimum absolute atomic E-state index is 0.154. The van der Waals surface area contributed by atoms with E-state index >= 15 is 0 Å². The van der Waals surface area contributed by atoms with Gasteiger partial charge in [-0.3, -0.25) is 9.59 Å². The van der Waals surface area contributed by atoms with E-state index in [1.165, 1.54) is 5.56 Å². The van der Waals surface area contributed by atoms with Crippen LogP contribution in [0.1, 0.15) is 24.1 Å². The number of hydrogen-bond acceptors (Lipinski definition) is 3. The first-order valence-corrected chi connectivity index (χ1v) is 8.84. The maximum absolute atomic E-state index is 11.9. The SMILES string of the molecule is CC(c1ccccc1)n1cc(C=C2NC(=O)SC2=O)c2ccccc21. The number of carbonyl (C=O) groups excluding carboxylic acids is 2. The summed E-state index contributed by atoms with van der Waals surface area (Å²) in [6.07, 6.45) is 3.80. The minimum atomic E-state index is -0.322. The van der Waals surface area contributed by atoms with Crippen LogP contribution in [-0.4, -0.2) is 14.9 Å². The molecule has 4 nitrogen and oxygen atoms in total. The van der Waals surface area contributed by atoms with Crippen molar-refractivity contribution in [2.45, 2.75) is 13.0 Å². The van der Waals surface area contributed by atoms with Gasteiger partial charge in [-0.2, -0.15) is 0 Å². The molecular weight excluding hydrogens is 332 g/mol. The van der Waals surface area contributed by atoms with Crippen molar-refractivity contribution in [2.24, 2.45) is 0 Å². The molecule has 2 heterocycles. The lowest BCUT2D eigenvalue weighted by Crippen LogP contribution is -2.10. The summed E-state index contributed by atoms with van der Waals surface area (Å²) >= 11 is 0.699. The van der Waals surface area contributed by atoms with E-state index in [9.17, 15) is 9.59 Å². The van der Waals surface area contributed by atoms with Crippen LogP contribution in [-0.2, 0) is 4.79 Å². The van der Waals surface area contributed by atoms with Crippen molar-refractivity contribution in [1.29, 1.82) is 0 Å². The quantitative estimate of drug-likeness (QED) is 0.705. The van der Waals surface area contributed by atoms with Crippen molar-refractivity contribution in [1.82, 2.24) is 9.88 Å². The van der Waals surface area contributed by atoms with Crippen molar-refractivity contribution in [3.63, 3.8) is 0 Å². The second-order valence-corrected chi connectivity index (χ2v) is 6.90. The van der Waals surface area contributed by atoms with Gasteiger partial charge in [0.15, 0.2) is 0 Å². The average molecular weight is 348 g/mol. The van der Waals surface area contributed by atoms with Crippen LogP contribution in [0, 0.1) is 0 Å². The molecule has 3 aromatic rings. The summed E-state index contributed by atoms with van der Waals surface area (Å²) in [6.45, 7) is 2.15. The van der Waals surface area contributed by atoms with Gasteiger partial charge in [0.2, 0.25) is 5.12 Å². The van der Waals surface area contributed by atoms with Gasteiger partial charge in [0, 0.05) is 34.4 Å². The lowest BCUT2D eigenvalue weighted by Gasteiger charge is -2.15. The normalized spacial score (nSPS) is 17.2. The van der Waals surface area contributed by atoms with Gasteiger partial charge >= 0.3 is 0 Å². The Morgan fingerprint density at radius 1 is 1.04 bits per heavy atom. The zero-order chi connectivity index (χ0) is 17.4. The summed E-state index contributed by atoms with van der Waals surface area (Å²) in [7, 11) is 0. The van der Waals surface area contributed by atoms with Crippen LogP contribution in [0.25, 0.3) is 17.0 Å². The second-order valence-electron chi connectivity index (χ2n) is 5.96. The fraction of sp³-hybridized carbons (Fsp3) is 0.100. The molecule has 25 heavy (non-hydrogen) atoms. The Labute approximate surface area is 149 Å². The van der Waals surface area contributed by atoms with Gasteiger partial charge in [-0.1, -0.05) is 48.5 Å². The first kappa shape index (κ1) is 15.7. The molecule has 0 spiro atoms. The molecule has 2 aromatic carbocycles. The third-order valence-corrected chi connectivity index (χ3v) is 5.11. The van der Waals surface area contributed by atoms with Crippen LogP contribution >= 0.6 is 11.8 Å². The maximum Gasteiger partial charge on any atom is 0.291 e. The van der Waals surface area contributed by atoms with E-state index in [1.54, 1.807) is 6.08 Å². The number of para-hydroxylation sites is 1. The predicted octanol–water partition coefficient (Wildman–Crippen LogP) is 4.57. The Bertz CT molecular complexity index is 1000. The molecule has 0 bridgehead atoms. The molecule has 1 amide bonds. The zero-order valence-electron chi connectivity index (χ0n) is 13.6. The highest BCUT2D eigenvalue weighted by molar-refractivity contribution is 8.27. The maximum atomic E-state index is 11.9. The van der Waals surface area contributed by atoms with Gasteiger partial charge in [0.25, 0.3) is 5.24 Å². The number of rotatable bonds is 3. The van der Waals surface area contributed by atoms with E-state index in [0.717, 1.165) is 16.5 Å². The van der Waals surface area contributed by atoms with E-state index in [1.807, 2.05) is 42.6 Å². The van der Waals surface area contributed by atoms with Gasteiger partial charge in [0.05, 0.1) is 11.7 Å². The molecule has 1 atom stereocenters. The van der Waals surface area contributed by atoms with Crippen molar-refractivity contribution >= 4 is 39.1 Å². The topological polar surface area (TPSA) is 51.1 Å². The first-order valence-electron chi connectivity index (χ1n) is 8.03. The molecule has 5 heteroatoms. The Morgan fingerprint density at radius 2 is 1.76 bits per heavy atom. The van der Waals surface area contributed by atoms with Crippen molar-refractivity contribution in [2.75, 3.05) is 0 Å². The number of nitrogens with one attached hydrogen (secondary N) is 1. The number of carbonyl (C=O) groups is 2. The summed E-state index contributed by atoms with van der Waals surface area (Å²) < 4.78 is 2.20. The van der Waals surface area contributed by atoms with Gasteiger partial charge in [-0.05, 0) is 24.6 Å². The highest BCUT2D eigenvalue weighted by Crippen LogP contribution is 2.30. The van der Waals surface area contributed by atoms with Gasteiger partial charge < -0.3 is 9.88 Å². The molecule has 1 aromatic heterocycles. The highest BCUT2D eigenvalue weighted by atomic mass is 32.2. The average Bonchev–Trinajstić information content (AvgIpc) is 3.15. The van der Waals surface area contributed by atoms with Gasteiger partial charge in [-0.25, -0.2) is 0 Å². The van der Waals surface area contributed by atoms with Gasteiger partial charge in [-0.15, -0.1) is 0 Å². The molecule has 0 saturated carbocycles. The lowest BCUT2D eigenvalue weighted by molar-refractivity contribution is -0.107. The number of thioether (sulfide) groups is 1. The molecule has 1 unspecified atom stereocenters. The van der Waals surface area contributed by atoms with Crippen LogP contribution < -0.4 is 5.32 Å². The number of fused-ring (bicyclic) bond motifs is 1. The third-order valence-electron chi connectivity index (χ3n) is 4.41. The van der Waals surface area contributed by atoms with Gasteiger partial charge in [0.1, 0.15) is 0 Å². The smallest absolute Gasteiger partial charge is 0.291 e. The lowest BCUT2D eigenvalue weighted by atomic mass is 10.1. The molecule has 1 N–H and O–H groups in total. The molecule has 1 aliphatic rings. The van der Waals surface area contributed by atoms with E-state index in [-0.39, 0.29) is 16.4 Å². The second kappa shape index (κ2) is 6.26. The Balaban J connectivity index is 1.84. The zero-order valence-corrected chi connectivity index (χ0v) is 14.4. The Hall–Kier alpha value is -2.79. The molecule has 4 rings (SSSR count). The first-order chi connectivity index (χ1) is 12.1. The number of hydrogen-bond donors (Lipinski definition) is 1. The summed E-state index contributed by atoms with van der Waals surface area (Å²) in [6, 6.07) is 18.5. The molecule has 1 saturated heterocycles. The fourth-order valence-corrected chi connectivity index (χ4v) is 3.68. The number of nitrogens with zero attached hydrogens (tertiary/aromatic N) is 1. The molecule has 0 aliphatic carbocycles. The van der Waals surface area contributed by atoms with Crippen LogP contribution in [0.4, 0.5) is 4.79 Å². The Kier molecular flexibility index (Phi) is 3.93. The number of benzene rings is 2. The van der Waals surface area contributed by atoms with E-state index in [2.05, 4.69) is 35.0 Å². The molecule has 124 valence electrons. The highest BCUT2D eigenvalue weighted by Gasteiger charge is 2.26. The van der Waals surface area contributed by atoms with E-state index in [4.69, 9.17) is 0 Å². The molecule has 1 aliphatic heterocycles. The van der Waals surface area contributed by atoms with E-state index in [0.29, 0.717) is 17.5 Å². The van der Waals surface area contributed by atoms with Crippen molar-refractivity contribution in [3.8, 4) is 0 Å². The summed E-state index contributed by atoms with van der Waals surface area (Å²) in [4.78, 5) is 23.3. The number of amides is 1. The van der Waals surface area contributed by atoms with Crippen LogP contribution in [0.15, 0.2) is 66.5 Å². The molecule has 0 radical (unpaired) electrons.